The molecule has 0 aliphatic heterocycles. The van der Waals surface area contributed by atoms with Gasteiger partial charge in [-0.15, -0.1) is 11.3 Å². The van der Waals surface area contributed by atoms with Crippen LogP contribution in [-0.4, -0.2) is 27.1 Å². The molecule has 0 fully saturated rings. The first kappa shape index (κ1) is 9.85. The van der Waals surface area contributed by atoms with E-state index < -0.39 is 12.1 Å². The van der Waals surface area contributed by atoms with Crippen LogP contribution in [0.25, 0.3) is 10.2 Å². The van der Waals surface area contributed by atoms with E-state index in [0.29, 0.717) is 5.88 Å². The molecular weight excluding hydrogens is 216 g/mol. The lowest BCUT2D eigenvalue weighted by atomic mass is 10.4. The van der Waals surface area contributed by atoms with E-state index >= 15 is 0 Å². The van der Waals surface area contributed by atoms with Gasteiger partial charge in [-0.25, -0.2) is 14.8 Å². The Hall–Kier alpha value is -1.69. The number of carboxylic acids is 1. The maximum Gasteiger partial charge on any atom is 0.344 e. The second-order valence-corrected chi connectivity index (χ2v) is 3.83. The summed E-state index contributed by atoms with van der Waals surface area (Å²) in [5.74, 6) is -0.691. The van der Waals surface area contributed by atoms with Crippen molar-refractivity contribution in [3.8, 4) is 5.88 Å². The van der Waals surface area contributed by atoms with Crippen LogP contribution in [0.2, 0.25) is 0 Å². The van der Waals surface area contributed by atoms with Gasteiger partial charge in [0.15, 0.2) is 6.10 Å². The summed E-state index contributed by atoms with van der Waals surface area (Å²) in [6.07, 6.45) is 0.448. The summed E-state index contributed by atoms with van der Waals surface area (Å²) in [4.78, 5) is 18.6. The van der Waals surface area contributed by atoms with E-state index in [1.807, 2.05) is 11.4 Å². The van der Waals surface area contributed by atoms with E-state index in [1.165, 1.54) is 24.6 Å². The highest BCUT2D eigenvalue weighted by molar-refractivity contribution is 7.17. The van der Waals surface area contributed by atoms with Gasteiger partial charge in [-0.05, 0) is 18.4 Å². The quantitative estimate of drug-likeness (QED) is 0.856. The molecule has 0 aliphatic rings. The van der Waals surface area contributed by atoms with Crippen LogP contribution in [-0.2, 0) is 4.79 Å². The zero-order valence-corrected chi connectivity index (χ0v) is 8.69. The molecular formula is C9H8N2O3S. The number of nitrogens with zero attached hydrogens (tertiary/aromatic N) is 2. The second-order valence-electron chi connectivity index (χ2n) is 2.91. The first-order valence-electron chi connectivity index (χ1n) is 4.26. The highest BCUT2D eigenvalue weighted by Crippen LogP contribution is 2.27. The van der Waals surface area contributed by atoms with Crippen molar-refractivity contribution < 1.29 is 14.6 Å². The van der Waals surface area contributed by atoms with Gasteiger partial charge in [-0.1, -0.05) is 0 Å². The number of aromatic nitrogens is 2. The summed E-state index contributed by atoms with van der Waals surface area (Å²) in [7, 11) is 0. The molecule has 0 bridgehead atoms. The Labute approximate surface area is 89.4 Å². The van der Waals surface area contributed by atoms with Crippen molar-refractivity contribution in [2.45, 2.75) is 13.0 Å². The fourth-order valence-corrected chi connectivity index (χ4v) is 1.84. The standard InChI is InChI=1S/C9H8N2O3S/c1-5(9(12)13)14-8-7-6(2-3-15-7)10-4-11-8/h2-5H,1H3,(H,12,13). The van der Waals surface area contributed by atoms with Crippen molar-refractivity contribution in [1.82, 2.24) is 9.97 Å². The van der Waals surface area contributed by atoms with Gasteiger partial charge in [0, 0.05) is 0 Å². The molecule has 2 aromatic rings. The van der Waals surface area contributed by atoms with Crippen LogP contribution in [0.5, 0.6) is 5.88 Å². The largest absolute Gasteiger partial charge is 0.479 e. The third-order valence-electron chi connectivity index (χ3n) is 1.85. The Morgan fingerprint density at radius 3 is 3.13 bits per heavy atom. The minimum absolute atomic E-state index is 0.324. The Balaban J connectivity index is 2.35. The summed E-state index contributed by atoms with van der Waals surface area (Å²) < 4.78 is 5.98. The predicted octanol–water partition coefficient (Wildman–Crippen LogP) is 1.54. The van der Waals surface area contributed by atoms with Gasteiger partial charge in [0.2, 0.25) is 5.88 Å². The number of ether oxygens (including phenoxy) is 1. The van der Waals surface area contributed by atoms with E-state index in [2.05, 4.69) is 9.97 Å². The molecule has 0 aliphatic carbocycles. The molecule has 2 rings (SSSR count). The Morgan fingerprint density at radius 2 is 2.40 bits per heavy atom. The molecule has 0 aromatic carbocycles. The number of fused-ring (bicyclic) bond motifs is 1. The lowest BCUT2D eigenvalue weighted by molar-refractivity contribution is -0.144. The fraction of sp³-hybridized carbons (Fsp3) is 0.222. The maximum atomic E-state index is 10.6. The molecule has 0 radical (unpaired) electrons. The van der Waals surface area contributed by atoms with Gasteiger partial charge in [-0.2, -0.15) is 0 Å². The minimum Gasteiger partial charge on any atom is -0.479 e. The number of hydrogen-bond donors (Lipinski definition) is 1. The topological polar surface area (TPSA) is 72.3 Å². The van der Waals surface area contributed by atoms with Gasteiger partial charge >= 0.3 is 5.97 Å². The average molecular weight is 224 g/mol. The first-order valence-corrected chi connectivity index (χ1v) is 5.14. The van der Waals surface area contributed by atoms with Gasteiger partial charge in [0.1, 0.15) is 11.0 Å². The van der Waals surface area contributed by atoms with Gasteiger partial charge in [-0.3, -0.25) is 0 Å². The zero-order chi connectivity index (χ0) is 10.8. The summed E-state index contributed by atoms with van der Waals surface area (Å²) in [6, 6.07) is 1.83. The van der Waals surface area contributed by atoms with E-state index in [4.69, 9.17) is 9.84 Å². The van der Waals surface area contributed by atoms with Crippen molar-refractivity contribution in [2.75, 3.05) is 0 Å². The maximum absolute atomic E-state index is 10.6. The van der Waals surface area contributed by atoms with Crippen molar-refractivity contribution in [1.29, 1.82) is 0 Å². The molecule has 0 amide bonds. The third-order valence-corrected chi connectivity index (χ3v) is 2.74. The van der Waals surface area contributed by atoms with E-state index in [-0.39, 0.29) is 0 Å². The number of thiophene rings is 1. The molecule has 1 unspecified atom stereocenters. The Kier molecular flexibility index (Phi) is 2.51. The van der Waals surface area contributed by atoms with Gasteiger partial charge in [0.25, 0.3) is 0 Å². The van der Waals surface area contributed by atoms with E-state index in [0.717, 1.165) is 10.2 Å². The average Bonchev–Trinajstić information content (AvgIpc) is 2.66. The van der Waals surface area contributed by atoms with Crippen molar-refractivity contribution >= 4 is 27.5 Å². The smallest absolute Gasteiger partial charge is 0.344 e. The summed E-state index contributed by atoms with van der Waals surface area (Å²) in [5, 5.41) is 10.6. The van der Waals surface area contributed by atoms with Gasteiger partial charge in [0.05, 0.1) is 5.52 Å². The molecule has 2 heterocycles. The van der Waals surface area contributed by atoms with Crippen LogP contribution in [0.1, 0.15) is 6.92 Å². The molecule has 2 aromatic heterocycles. The minimum atomic E-state index is -1.02. The second kappa shape index (κ2) is 3.82. The molecule has 15 heavy (non-hydrogen) atoms. The zero-order valence-electron chi connectivity index (χ0n) is 7.88. The number of carbonyl (C=O) groups is 1. The number of rotatable bonds is 3. The summed E-state index contributed by atoms with van der Waals surface area (Å²) >= 11 is 1.42. The third kappa shape index (κ3) is 1.89. The van der Waals surface area contributed by atoms with Crippen molar-refractivity contribution in [3.63, 3.8) is 0 Å². The summed E-state index contributed by atoms with van der Waals surface area (Å²) in [6.45, 7) is 1.46. The summed E-state index contributed by atoms with van der Waals surface area (Å²) in [5.41, 5.74) is 0.766. The number of hydrogen-bond acceptors (Lipinski definition) is 5. The van der Waals surface area contributed by atoms with Gasteiger partial charge < -0.3 is 9.84 Å². The van der Waals surface area contributed by atoms with Crippen LogP contribution in [0.3, 0.4) is 0 Å². The highest BCUT2D eigenvalue weighted by Gasteiger charge is 2.15. The number of carboxylic acid groups (broad SMARTS) is 1. The fourth-order valence-electron chi connectivity index (χ4n) is 1.07. The predicted molar refractivity (Wildman–Crippen MR) is 55.1 cm³/mol. The molecule has 0 spiro atoms. The molecule has 6 heteroatoms. The molecule has 1 atom stereocenters. The van der Waals surface area contributed by atoms with Crippen LogP contribution >= 0.6 is 11.3 Å². The Bertz CT molecular complexity index is 497. The van der Waals surface area contributed by atoms with Crippen LogP contribution in [0, 0.1) is 0 Å². The molecule has 5 nitrogen and oxygen atoms in total. The lowest BCUT2D eigenvalue weighted by Crippen LogP contribution is -2.23. The van der Waals surface area contributed by atoms with Crippen LogP contribution in [0.4, 0.5) is 0 Å². The molecule has 1 N–H and O–H groups in total. The van der Waals surface area contributed by atoms with Crippen LogP contribution < -0.4 is 4.74 Å². The lowest BCUT2D eigenvalue weighted by Gasteiger charge is -2.08. The first-order chi connectivity index (χ1) is 7.18. The van der Waals surface area contributed by atoms with Crippen LogP contribution in [0.15, 0.2) is 17.8 Å². The monoisotopic (exact) mass is 224 g/mol. The molecule has 0 saturated carbocycles. The SMILES string of the molecule is CC(Oc1ncnc2ccsc12)C(=O)O. The van der Waals surface area contributed by atoms with E-state index in [1.54, 1.807) is 0 Å². The number of aliphatic carboxylic acids is 1. The van der Waals surface area contributed by atoms with Crippen molar-refractivity contribution in [2.24, 2.45) is 0 Å². The molecule has 78 valence electrons. The molecule has 0 saturated heterocycles. The van der Waals surface area contributed by atoms with Crippen molar-refractivity contribution in [3.05, 3.63) is 17.8 Å². The normalized spacial score (nSPS) is 12.6. The van der Waals surface area contributed by atoms with E-state index in [9.17, 15) is 4.79 Å². The Morgan fingerprint density at radius 1 is 1.60 bits per heavy atom. The highest BCUT2D eigenvalue weighted by atomic mass is 32.1.